The van der Waals surface area contributed by atoms with Gasteiger partial charge in [0.15, 0.2) is 0 Å². The van der Waals surface area contributed by atoms with Gasteiger partial charge >= 0.3 is 0 Å². The number of anilines is 1. The van der Waals surface area contributed by atoms with Gasteiger partial charge in [0.2, 0.25) is 5.28 Å². The fourth-order valence-corrected chi connectivity index (χ4v) is 3.85. The molecule has 2 aromatic rings. The molecule has 0 spiro atoms. The lowest BCUT2D eigenvalue weighted by molar-refractivity contribution is 0.168. The summed E-state index contributed by atoms with van der Waals surface area (Å²) in [5, 5.41) is 13.7. The smallest absolute Gasteiger partial charge is 0.224 e. The third-order valence-electron chi connectivity index (χ3n) is 4.29. The summed E-state index contributed by atoms with van der Waals surface area (Å²) in [5.74, 6) is 1.55. The number of hydrogen-bond acceptors (Lipinski definition) is 6. The van der Waals surface area contributed by atoms with Crippen molar-refractivity contribution >= 4 is 50.9 Å². The van der Waals surface area contributed by atoms with E-state index >= 15 is 0 Å². The van der Waals surface area contributed by atoms with Gasteiger partial charge in [-0.2, -0.15) is 0 Å². The summed E-state index contributed by atoms with van der Waals surface area (Å²) in [7, 11) is 1.66. The van der Waals surface area contributed by atoms with E-state index in [1.807, 2.05) is 12.1 Å². The van der Waals surface area contributed by atoms with Crippen LogP contribution in [0.2, 0.25) is 5.28 Å². The van der Waals surface area contributed by atoms with Crippen molar-refractivity contribution in [1.82, 2.24) is 14.9 Å². The number of rotatable bonds is 5. The van der Waals surface area contributed by atoms with Gasteiger partial charge in [0.1, 0.15) is 11.6 Å². The fraction of sp³-hybridized carbons (Fsp3) is 0.500. The normalized spacial score (nSPS) is 16.5. The molecule has 6 nitrogen and oxygen atoms in total. The first-order valence-electron chi connectivity index (χ1n) is 7.91. The first-order chi connectivity index (χ1) is 11.6. The second-order valence-electron chi connectivity index (χ2n) is 5.83. The Morgan fingerprint density at radius 3 is 2.79 bits per heavy atom. The monoisotopic (exact) mass is 462 g/mol. The summed E-state index contributed by atoms with van der Waals surface area (Å²) in [6.07, 6.45) is 2.01. The van der Waals surface area contributed by atoms with Crippen LogP contribution < -0.4 is 10.1 Å². The quantitative estimate of drug-likeness (QED) is 0.526. The third-order valence-corrected chi connectivity index (χ3v) is 5.30. The van der Waals surface area contributed by atoms with E-state index in [1.54, 1.807) is 7.11 Å². The van der Waals surface area contributed by atoms with Crippen molar-refractivity contribution in [2.24, 2.45) is 0 Å². The van der Waals surface area contributed by atoms with Crippen LogP contribution in [0.5, 0.6) is 5.75 Å². The topological polar surface area (TPSA) is 70.5 Å². The zero-order valence-electron chi connectivity index (χ0n) is 13.4. The molecule has 0 bridgehead atoms. The Bertz CT molecular complexity index is 723. The minimum atomic E-state index is 0.211. The first-order valence-corrected chi connectivity index (χ1v) is 9.37. The highest BCUT2D eigenvalue weighted by molar-refractivity contribution is 14.1. The van der Waals surface area contributed by atoms with Crippen LogP contribution in [-0.4, -0.2) is 59.4 Å². The number of aliphatic hydroxyl groups excluding tert-OH is 1. The van der Waals surface area contributed by atoms with Gasteiger partial charge in [0.05, 0.1) is 22.8 Å². The molecule has 0 amide bonds. The van der Waals surface area contributed by atoms with Crippen molar-refractivity contribution in [2.45, 2.75) is 18.9 Å². The van der Waals surface area contributed by atoms with Crippen molar-refractivity contribution in [3.05, 3.63) is 21.0 Å². The summed E-state index contributed by atoms with van der Waals surface area (Å²) < 4.78 is 6.40. The SMILES string of the molecule is COc1cc2c(NC3CCN(CCO)CC3)nc(Cl)nc2cc1I. The number of likely N-dealkylation sites (tertiary alicyclic amines) is 1. The minimum absolute atomic E-state index is 0.211. The molecule has 24 heavy (non-hydrogen) atoms. The number of nitrogens with zero attached hydrogens (tertiary/aromatic N) is 3. The Morgan fingerprint density at radius 1 is 1.38 bits per heavy atom. The van der Waals surface area contributed by atoms with Crippen LogP contribution in [0.15, 0.2) is 12.1 Å². The molecule has 1 saturated heterocycles. The van der Waals surface area contributed by atoms with Gasteiger partial charge in [-0.15, -0.1) is 0 Å². The molecular formula is C16H20ClIN4O2. The van der Waals surface area contributed by atoms with E-state index in [0.29, 0.717) is 6.04 Å². The van der Waals surface area contributed by atoms with Crippen LogP contribution in [0.25, 0.3) is 10.9 Å². The number of benzene rings is 1. The zero-order chi connectivity index (χ0) is 17.1. The molecule has 2 N–H and O–H groups in total. The maximum absolute atomic E-state index is 9.04. The molecule has 3 rings (SSSR count). The number of β-amino-alcohol motifs (C(OH)–C–C–N with tert-alkyl or cyclic N) is 1. The zero-order valence-corrected chi connectivity index (χ0v) is 16.3. The first kappa shape index (κ1) is 17.9. The van der Waals surface area contributed by atoms with E-state index < -0.39 is 0 Å². The van der Waals surface area contributed by atoms with E-state index in [9.17, 15) is 0 Å². The van der Waals surface area contributed by atoms with E-state index in [4.69, 9.17) is 21.4 Å². The molecule has 1 aliphatic rings. The molecule has 0 saturated carbocycles. The lowest BCUT2D eigenvalue weighted by Gasteiger charge is -2.32. The molecule has 8 heteroatoms. The molecule has 1 aromatic heterocycles. The van der Waals surface area contributed by atoms with Crippen molar-refractivity contribution in [1.29, 1.82) is 0 Å². The van der Waals surface area contributed by atoms with Gasteiger partial charge in [-0.1, -0.05) is 0 Å². The van der Waals surface area contributed by atoms with Gasteiger partial charge in [0.25, 0.3) is 0 Å². The highest BCUT2D eigenvalue weighted by atomic mass is 127. The van der Waals surface area contributed by atoms with Crippen LogP contribution in [-0.2, 0) is 0 Å². The lowest BCUT2D eigenvalue weighted by Crippen LogP contribution is -2.40. The molecular weight excluding hydrogens is 443 g/mol. The molecule has 1 fully saturated rings. The average molecular weight is 463 g/mol. The van der Waals surface area contributed by atoms with Crippen LogP contribution in [0.1, 0.15) is 12.8 Å². The molecule has 0 radical (unpaired) electrons. The standard InChI is InChI=1S/C16H20ClIN4O2/c1-24-14-8-11-13(9-12(14)18)20-16(17)21-15(11)19-10-2-4-22(5-3-10)6-7-23/h8-10,23H,2-7H2,1H3,(H,19,20,21). The Kier molecular flexibility index (Phi) is 5.96. The van der Waals surface area contributed by atoms with Gasteiger partial charge in [-0.05, 0) is 59.2 Å². The highest BCUT2D eigenvalue weighted by Gasteiger charge is 2.20. The predicted octanol–water partition coefficient (Wildman–Crippen LogP) is 2.77. The number of aliphatic hydroxyl groups is 1. The van der Waals surface area contributed by atoms with E-state index in [1.165, 1.54) is 0 Å². The number of ether oxygens (including phenoxy) is 1. The maximum Gasteiger partial charge on any atom is 0.224 e. The Hall–Kier alpha value is -0.900. The van der Waals surface area contributed by atoms with Crippen molar-refractivity contribution in [3.8, 4) is 5.75 Å². The van der Waals surface area contributed by atoms with Crippen LogP contribution in [0, 0.1) is 3.57 Å². The second kappa shape index (κ2) is 7.99. The average Bonchev–Trinajstić information content (AvgIpc) is 2.56. The van der Waals surface area contributed by atoms with E-state index in [0.717, 1.165) is 58.5 Å². The molecule has 130 valence electrons. The molecule has 0 aliphatic carbocycles. The summed E-state index contributed by atoms with van der Waals surface area (Å²) in [6, 6.07) is 4.24. The molecule has 0 unspecified atom stereocenters. The molecule has 0 atom stereocenters. The number of methoxy groups -OCH3 is 1. The van der Waals surface area contributed by atoms with E-state index in [2.05, 4.69) is 42.8 Å². The Balaban J connectivity index is 1.84. The second-order valence-corrected chi connectivity index (χ2v) is 7.33. The van der Waals surface area contributed by atoms with E-state index in [-0.39, 0.29) is 11.9 Å². The van der Waals surface area contributed by atoms with Crippen molar-refractivity contribution in [3.63, 3.8) is 0 Å². The van der Waals surface area contributed by atoms with Gasteiger partial charge < -0.3 is 20.1 Å². The lowest BCUT2D eigenvalue weighted by atomic mass is 10.0. The summed E-state index contributed by atoms with van der Waals surface area (Å²) in [4.78, 5) is 11.0. The molecule has 2 heterocycles. The summed E-state index contributed by atoms with van der Waals surface area (Å²) in [5.41, 5.74) is 0.806. The highest BCUT2D eigenvalue weighted by Crippen LogP contribution is 2.31. The van der Waals surface area contributed by atoms with Gasteiger partial charge in [-0.25, -0.2) is 9.97 Å². The van der Waals surface area contributed by atoms with Gasteiger partial charge in [0, 0.05) is 31.1 Å². The Labute approximate surface area is 159 Å². The molecule has 1 aromatic carbocycles. The van der Waals surface area contributed by atoms with Crippen molar-refractivity contribution in [2.75, 3.05) is 38.7 Å². The molecule has 1 aliphatic heterocycles. The number of hydrogen-bond donors (Lipinski definition) is 2. The van der Waals surface area contributed by atoms with Crippen molar-refractivity contribution < 1.29 is 9.84 Å². The predicted molar refractivity (Wildman–Crippen MR) is 104 cm³/mol. The third kappa shape index (κ3) is 4.01. The number of fused-ring (bicyclic) bond motifs is 1. The van der Waals surface area contributed by atoms with Gasteiger partial charge in [-0.3, -0.25) is 0 Å². The minimum Gasteiger partial charge on any atom is -0.496 e. The Morgan fingerprint density at radius 2 is 2.12 bits per heavy atom. The van der Waals surface area contributed by atoms with Crippen LogP contribution >= 0.6 is 34.2 Å². The maximum atomic E-state index is 9.04. The number of aromatic nitrogens is 2. The summed E-state index contributed by atoms with van der Waals surface area (Å²) >= 11 is 8.32. The fourth-order valence-electron chi connectivity index (χ4n) is 3.00. The van der Waals surface area contributed by atoms with Crippen LogP contribution in [0.4, 0.5) is 5.82 Å². The summed E-state index contributed by atoms with van der Waals surface area (Å²) in [6.45, 7) is 2.89. The number of piperidine rings is 1. The number of halogens is 2. The largest absolute Gasteiger partial charge is 0.496 e. The van der Waals surface area contributed by atoms with Crippen LogP contribution in [0.3, 0.4) is 0 Å². The number of nitrogens with one attached hydrogen (secondary N) is 1.